The van der Waals surface area contributed by atoms with Gasteiger partial charge in [0.1, 0.15) is 11.2 Å². The summed E-state index contributed by atoms with van der Waals surface area (Å²) in [4.78, 5) is 2.40. The lowest BCUT2D eigenvalue weighted by molar-refractivity contribution is 0.672. The summed E-state index contributed by atoms with van der Waals surface area (Å²) >= 11 is 0. The number of anilines is 3. The Bertz CT molecular complexity index is 4260. The molecule has 0 saturated heterocycles. The van der Waals surface area contributed by atoms with Crippen LogP contribution < -0.4 is 4.90 Å². The third kappa shape index (κ3) is 6.43. The molecule has 0 unspecified atom stereocenters. The van der Waals surface area contributed by atoms with E-state index >= 15 is 0 Å². The summed E-state index contributed by atoms with van der Waals surface area (Å²) in [6.45, 7) is 0. The summed E-state index contributed by atoms with van der Waals surface area (Å²) in [7, 11) is 0. The second-order valence-electron chi connectivity index (χ2n) is 18.1. The monoisotopic (exact) mass is 878 g/mol. The number of aromatic nitrogens is 1. The second-order valence-corrected chi connectivity index (χ2v) is 18.1. The fourth-order valence-electron chi connectivity index (χ4n) is 10.8. The Kier molecular flexibility index (Phi) is 8.90. The number of nitrogens with zero attached hydrogens (tertiary/aromatic N) is 2. The Morgan fingerprint density at radius 2 is 0.841 bits per heavy atom. The quantitative estimate of drug-likeness (QED) is 0.149. The number of rotatable bonds is 7. The van der Waals surface area contributed by atoms with Crippen LogP contribution in [-0.2, 0) is 0 Å². The third-order valence-electron chi connectivity index (χ3n) is 14.2. The highest BCUT2D eigenvalue weighted by Crippen LogP contribution is 2.44. The first kappa shape index (κ1) is 39.0. The highest BCUT2D eigenvalue weighted by atomic mass is 16.3. The van der Waals surface area contributed by atoms with E-state index in [1.165, 1.54) is 59.9 Å². The van der Waals surface area contributed by atoms with Crippen LogP contribution in [0.3, 0.4) is 0 Å². The topological polar surface area (TPSA) is 21.3 Å². The summed E-state index contributed by atoms with van der Waals surface area (Å²) in [6, 6.07) is 92.6. The Hall–Kier alpha value is -9.18. The van der Waals surface area contributed by atoms with Crippen molar-refractivity contribution in [1.82, 2.24) is 4.57 Å². The maximum absolute atomic E-state index is 6.57. The van der Waals surface area contributed by atoms with E-state index in [1.807, 2.05) is 0 Å². The van der Waals surface area contributed by atoms with Gasteiger partial charge in [-0.25, -0.2) is 0 Å². The first-order chi connectivity index (χ1) is 34.2. The van der Waals surface area contributed by atoms with Crippen molar-refractivity contribution in [2.24, 2.45) is 0 Å². The summed E-state index contributed by atoms with van der Waals surface area (Å²) in [5.41, 5.74) is 15.5. The minimum absolute atomic E-state index is 0.884. The van der Waals surface area contributed by atoms with Crippen molar-refractivity contribution in [3.8, 4) is 39.1 Å². The molecule has 14 aromatic rings. The van der Waals surface area contributed by atoms with Gasteiger partial charge in [0.15, 0.2) is 0 Å². The van der Waals surface area contributed by atoms with Crippen molar-refractivity contribution < 1.29 is 4.42 Å². The standard InChI is InChI=1S/C66H42N2O/c1-3-16-54-45(12-1)24-25-49-40-48(31-37-55(49)54)44-28-35-52(36-29-44)67(62-21-8-5-17-56(62)50-32-39-65-61(42-50)60-38-30-46-13-2-4-18-57(46)66(60)69-65)51-33-26-43(27-34-51)47-14-11-15-53(41-47)68-63-22-9-6-19-58(63)59-20-7-10-23-64(59)68/h1-42H. The largest absolute Gasteiger partial charge is 0.455 e. The molecule has 0 radical (unpaired) electrons. The second kappa shape index (κ2) is 15.7. The molecular formula is C66H42N2O. The van der Waals surface area contributed by atoms with Gasteiger partial charge < -0.3 is 13.9 Å². The van der Waals surface area contributed by atoms with Crippen LogP contribution in [0.1, 0.15) is 0 Å². The van der Waals surface area contributed by atoms with Crippen LogP contribution in [0.25, 0.3) is 115 Å². The number of furan rings is 1. The number of fused-ring (bicyclic) bond motifs is 11. The molecule has 0 aliphatic carbocycles. The third-order valence-corrected chi connectivity index (χ3v) is 14.2. The van der Waals surface area contributed by atoms with Crippen molar-refractivity contribution in [3.05, 3.63) is 255 Å². The van der Waals surface area contributed by atoms with Crippen LogP contribution in [0.4, 0.5) is 17.1 Å². The van der Waals surface area contributed by atoms with E-state index in [1.54, 1.807) is 0 Å². The molecule has 322 valence electrons. The number of benzene rings is 12. The van der Waals surface area contributed by atoms with Gasteiger partial charge in [-0.15, -0.1) is 0 Å². The van der Waals surface area contributed by atoms with Crippen molar-refractivity contribution in [1.29, 1.82) is 0 Å². The first-order valence-electron chi connectivity index (χ1n) is 23.6. The van der Waals surface area contributed by atoms with E-state index in [-0.39, 0.29) is 0 Å². The van der Waals surface area contributed by atoms with Gasteiger partial charge >= 0.3 is 0 Å². The molecule has 0 amide bonds. The average Bonchev–Trinajstić information content (AvgIpc) is 3.97. The molecule has 0 aliphatic rings. The number of para-hydroxylation sites is 3. The predicted octanol–water partition coefficient (Wildman–Crippen LogP) is 18.6. The predicted molar refractivity (Wildman–Crippen MR) is 292 cm³/mol. The molecule has 0 saturated carbocycles. The normalized spacial score (nSPS) is 11.8. The van der Waals surface area contributed by atoms with E-state index < -0.39 is 0 Å². The summed E-state index contributed by atoms with van der Waals surface area (Å²) < 4.78 is 8.95. The van der Waals surface area contributed by atoms with E-state index in [0.717, 1.165) is 72.3 Å². The molecule has 3 nitrogen and oxygen atoms in total. The highest BCUT2D eigenvalue weighted by molar-refractivity contribution is 6.16. The molecule has 0 atom stereocenters. The minimum Gasteiger partial charge on any atom is -0.455 e. The summed E-state index contributed by atoms with van der Waals surface area (Å²) in [5, 5.41) is 12.1. The number of hydrogen-bond acceptors (Lipinski definition) is 2. The molecule has 0 spiro atoms. The Balaban J connectivity index is 0.882. The fourth-order valence-corrected chi connectivity index (χ4v) is 10.8. The molecule has 2 heterocycles. The van der Waals surface area contributed by atoms with Crippen LogP contribution in [-0.4, -0.2) is 4.57 Å². The van der Waals surface area contributed by atoms with Crippen LogP contribution in [0.15, 0.2) is 259 Å². The summed E-state index contributed by atoms with van der Waals surface area (Å²) in [5.74, 6) is 0. The molecule has 0 N–H and O–H groups in total. The molecule has 12 aromatic carbocycles. The van der Waals surface area contributed by atoms with E-state index in [2.05, 4.69) is 264 Å². The molecule has 69 heavy (non-hydrogen) atoms. The van der Waals surface area contributed by atoms with Gasteiger partial charge in [0.25, 0.3) is 0 Å². The van der Waals surface area contributed by atoms with E-state index in [0.29, 0.717) is 0 Å². The minimum atomic E-state index is 0.884. The lowest BCUT2D eigenvalue weighted by Crippen LogP contribution is -2.11. The van der Waals surface area contributed by atoms with Crippen LogP contribution in [0.5, 0.6) is 0 Å². The molecule has 14 rings (SSSR count). The van der Waals surface area contributed by atoms with Crippen molar-refractivity contribution >= 4 is 93.1 Å². The maximum Gasteiger partial charge on any atom is 0.143 e. The highest BCUT2D eigenvalue weighted by Gasteiger charge is 2.20. The number of hydrogen-bond donors (Lipinski definition) is 0. The molecule has 2 aromatic heterocycles. The zero-order valence-corrected chi connectivity index (χ0v) is 37.6. The molecule has 0 aliphatic heterocycles. The SMILES string of the molecule is c1cc(-c2ccc(N(c3ccc(-c4ccc5c(ccc6ccccc65)c4)cc3)c3ccccc3-c3ccc4oc5c6ccccc6ccc5c4c3)cc2)cc(-n2c3ccccc3c3ccccc32)c1. The van der Waals surface area contributed by atoms with Crippen LogP contribution in [0.2, 0.25) is 0 Å². The smallest absolute Gasteiger partial charge is 0.143 e. The molecule has 0 fully saturated rings. The van der Waals surface area contributed by atoms with Crippen molar-refractivity contribution in [3.63, 3.8) is 0 Å². The van der Waals surface area contributed by atoms with Gasteiger partial charge in [0, 0.05) is 49.6 Å². The van der Waals surface area contributed by atoms with Gasteiger partial charge in [-0.1, -0.05) is 176 Å². The van der Waals surface area contributed by atoms with Gasteiger partial charge in [-0.3, -0.25) is 0 Å². The molecular weight excluding hydrogens is 837 g/mol. The maximum atomic E-state index is 6.57. The Morgan fingerprint density at radius 3 is 1.58 bits per heavy atom. The fraction of sp³-hybridized carbons (Fsp3) is 0. The van der Waals surface area contributed by atoms with Gasteiger partial charge in [0.05, 0.1) is 16.7 Å². The van der Waals surface area contributed by atoms with Crippen LogP contribution in [0, 0.1) is 0 Å². The van der Waals surface area contributed by atoms with E-state index in [4.69, 9.17) is 4.42 Å². The van der Waals surface area contributed by atoms with Gasteiger partial charge in [-0.05, 0) is 134 Å². The zero-order chi connectivity index (χ0) is 45.4. The average molecular weight is 879 g/mol. The van der Waals surface area contributed by atoms with Gasteiger partial charge in [-0.2, -0.15) is 0 Å². The lowest BCUT2D eigenvalue weighted by atomic mass is 9.97. The van der Waals surface area contributed by atoms with E-state index in [9.17, 15) is 0 Å². The van der Waals surface area contributed by atoms with Crippen molar-refractivity contribution in [2.75, 3.05) is 4.90 Å². The van der Waals surface area contributed by atoms with Gasteiger partial charge in [0.2, 0.25) is 0 Å². The molecule has 3 heteroatoms. The lowest BCUT2D eigenvalue weighted by Gasteiger charge is -2.28. The Morgan fingerprint density at radius 1 is 0.304 bits per heavy atom. The van der Waals surface area contributed by atoms with Crippen molar-refractivity contribution in [2.45, 2.75) is 0 Å². The van der Waals surface area contributed by atoms with Crippen LogP contribution >= 0.6 is 0 Å². The molecule has 0 bridgehead atoms. The first-order valence-corrected chi connectivity index (χ1v) is 23.6. The zero-order valence-electron chi connectivity index (χ0n) is 37.6. The Labute approximate surface area is 399 Å². The summed E-state index contributed by atoms with van der Waals surface area (Å²) in [6.07, 6.45) is 0.